The van der Waals surface area contributed by atoms with E-state index in [0.717, 1.165) is 5.39 Å². The molecule has 0 aliphatic rings. The van der Waals surface area contributed by atoms with Crippen molar-refractivity contribution in [2.45, 2.75) is 0 Å². The Labute approximate surface area is 143 Å². The van der Waals surface area contributed by atoms with Gasteiger partial charge in [0.15, 0.2) is 5.78 Å². The fourth-order valence-electron chi connectivity index (χ4n) is 2.42. The second-order valence-electron chi connectivity index (χ2n) is 5.18. The van der Waals surface area contributed by atoms with Crippen LogP contribution in [0.2, 0.25) is 5.02 Å². The molecule has 1 N–H and O–H groups in total. The predicted molar refractivity (Wildman–Crippen MR) is 95.9 cm³/mol. The third kappa shape index (κ3) is 3.24. The first-order valence-corrected chi connectivity index (χ1v) is 7.64. The van der Waals surface area contributed by atoms with E-state index in [1.54, 1.807) is 42.5 Å². The molecule has 3 rings (SSSR count). The molecule has 1 heterocycles. The number of methoxy groups -OCH3 is 1. The van der Waals surface area contributed by atoms with E-state index in [0.29, 0.717) is 27.4 Å². The number of rotatable bonds is 4. The summed E-state index contributed by atoms with van der Waals surface area (Å²) in [6.45, 7) is 0. The summed E-state index contributed by atoms with van der Waals surface area (Å²) in [5.74, 6) is 0.261. The van der Waals surface area contributed by atoms with Crippen molar-refractivity contribution in [3.8, 4) is 5.75 Å². The van der Waals surface area contributed by atoms with Crippen LogP contribution in [0, 0.1) is 0 Å². The van der Waals surface area contributed by atoms with Crippen LogP contribution >= 0.6 is 11.6 Å². The molecule has 0 unspecified atom stereocenters. The molecule has 0 saturated heterocycles. The Morgan fingerprint density at radius 3 is 2.75 bits per heavy atom. The summed E-state index contributed by atoms with van der Waals surface area (Å²) >= 11 is 5.92. The van der Waals surface area contributed by atoms with Gasteiger partial charge in [0.25, 0.3) is 5.56 Å². The topological polar surface area (TPSA) is 59.2 Å². The number of ether oxygens (including phenoxy) is 1. The third-order valence-electron chi connectivity index (χ3n) is 3.62. The van der Waals surface area contributed by atoms with Gasteiger partial charge in [-0.05, 0) is 47.9 Å². The van der Waals surface area contributed by atoms with Crippen molar-refractivity contribution in [2.75, 3.05) is 7.11 Å². The molecule has 0 bridgehead atoms. The van der Waals surface area contributed by atoms with Crippen molar-refractivity contribution in [3.63, 3.8) is 0 Å². The lowest BCUT2D eigenvalue weighted by molar-refractivity contribution is 0.104. The van der Waals surface area contributed by atoms with Crippen molar-refractivity contribution in [1.29, 1.82) is 0 Å². The highest BCUT2D eigenvalue weighted by Crippen LogP contribution is 2.19. The minimum absolute atomic E-state index is 0.233. The fourth-order valence-corrected chi connectivity index (χ4v) is 2.59. The van der Waals surface area contributed by atoms with Gasteiger partial charge in [-0.25, -0.2) is 0 Å². The Kier molecular flexibility index (Phi) is 4.49. The number of pyridine rings is 1. The van der Waals surface area contributed by atoms with E-state index >= 15 is 0 Å². The lowest BCUT2D eigenvalue weighted by Gasteiger charge is -2.04. The van der Waals surface area contributed by atoms with Crippen molar-refractivity contribution in [2.24, 2.45) is 0 Å². The predicted octanol–water partition coefficient (Wildman–Crippen LogP) is 4.09. The number of allylic oxidation sites excluding steroid dienone is 1. The van der Waals surface area contributed by atoms with Gasteiger partial charge in [0.05, 0.1) is 12.7 Å². The highest BCUT2D eigenvalue weighted by atomic mass is 35.5. The van der Waals surface area contributed by atoms with Crippen molar-refractivity contribution in [3.05, 3.63) is 81.1 Å². The Morgan fingerprint density at radius 2 is 1.96 bits per heavy atom. The van der Waals surface area contributed by atoms with E-state index in [2.05, 4.69) is 4.98 Å². The van der Waals surface area contributed by atoms with Crippen LogP contribution in [0.5, 0.6) is 5.75 Å². The summed E-state index contributed by atoms with van der Waals surface area (Å²) in [7, 11) is 1.51. The minimum atomic E-state index is -0.283. The van der Waals surface area contributed by atoms with Crippen molar-refractivity contribution < 1.29 is 9.53 Å². The molecule has 0 aliphatic heterocycles. The number of aromatic nitrogens is 1. The molecule has 0 aliphatic carbocycles. The molecule has 5 heteroatoms. The second kappa shape index (κ2) is 6.72. The van der Waals surface area contributed by atoms with Crippen LogP contribution in [0.4, 0.5) is 0 Å². The number of H-pyrrole nitrogens is 1. The second-order valence-corrected chi connectivity index (χ2v) is 5.62. The highest BCUT2D eigenvalue weighted by Gasteiger charge is 2.08. The molecular weight excluding hydrogens is 326 g/mol. The maximum atomic E-state index is 12.3. The van der Waals surface area contributed by atoms with Crippen LogP contribution in [-0.2, 0) is 0 Å². The molecule has 120 valence electrons. The summed E-state index contributed by atoms with van der Waals surface area (Å²) in [4.78, 5) is 27.2. The van der Waals surface area contributed by atoms with Gasteiger partial charge >= 0.3 is 0 Å². The van der Waals surface area contributed by atoms with E-state index in [-0.39, 0.29) is 11.3 Å². The monoisotopic (exact) mass is 339 g/mol. The molecule has 24 heavy (non-hydrogen) atoms. The largest absolute Gasteiger partial charge is 0.496 e. The van der Waals surface area contributed by atoms with Gasteiger partial charge in [-0.1, -0.05) is 29.8 Å². The maximum Gasteiger partial charge on any atom is 0.255 e. The molecule has 4 nitrogen and oxygen atoms in total. The summed E-state index contributed by atoms with van der Waals surface area (Å²) < 4.78 is 5.18. The van der Waals surface area contributed by atoms with Gasteiger partial charge in [0.1, 0.15) is 5.75 Å². The zero-order valence-electron chi connectivity index (χ0n) is 12.9. The molecule has 3 aromatic rings. The number of halogens is 1. The van der Waals surface area contributed by atoms with Gasteiger partial charge in [-0.3, -0.25) is 9.59 Å². The van der Waals surface area contributed by atoms with Crippen molar-refractivity contribution >= 4 is 34.4 Å². The van der Waals surface area contributed by atoms with Crippen LogP contribution in [0.3, 0.4) is 0 Å². The van der Waals surface area contributed by atoms with Crippen LogP contribution < -0.4 is 10.3 Å². The molecule has 0 saturated carbocycles. The summed E-state index contributed by atoms with van der Waals surface area (Å²) in [6, 6.07) is 13.9. The first-order chi connectivity index (χ1) is 11.6. The Balaban J connectivity index is 1.95. The number of ketones is 1. The van der Waals surface area contributed by atoms with Gasteiger partial charge in [-0.2, -0.15) is 0 Å². The van der Waals surface area contributed by atoms with E-state index in [4.69, 9.17) is 16.3 Å². The molecule has 0 fully saturated rings. The molecule has 1 aromatic heterocycles. The quantitative estimate of drug-likeness (QED) is 0.575. The first-order valence-electron chi connectivity index (χ1n) is 7.26. The third-order valence-corrected chi connectivity index (χ3v) is 3.86. The number of para-hydroxylation sites is 1. The van der Waals surface area contributed by atoms with Crippen LogP contribution in [0.25, 0.3) is 17.0 Å². The maximum absolute atomic E-state index is 12.3. The Hall–Kier alpha value is -2.85. The SMILES string of the molecule is COc1ccccc1C(=O)/C=C/c1cc2ccc(Cl)cc2[nH]c1=O. The lowest BCUT2D eigenvalue weighted by Crippen LogP contribution is -2.09. The van der Waals surface area contributed by atoms with Crippen LogP contribution in [-0.4, -0.2) is 17.9 Å². The zero-order chi connectivity index (χ0) is 17.1. The number of hydrogen-bond acceptors (Lipinski definition) is 3. The van der Waals surface area contributed by atoms with E-state index in [9.17, 15) is 9.59 Å². The van der Waals surface area contributed by atoms with Gasteiger partial charge in [0, 0.05) is 16.1 Å². The number of nitrogens with one attached hydrogen (secondary N) is 1. The number of fused-ring (bicyclic) bond motifs is 1. The zero-order valence-corrected chi connectivity index (χ0v) is 13.6. The van der Waals surface area contributed by atoms with Gasteiger partial charge in [-0.15, -0.1) is 0 Å². The average Bonchev–Trinajstić information content (AvgIpc) is 2.59. The normalized spacial score (nSPS) is 11.1. The molecule has 0 amide bonds. The molecule has 2 aromatic carbocycles. The summed E-state index contributed by atoms with van der Waals surface area (Å²) in [5.41, 5.74) is 1.21. The van der Waals surface area contributed by atoms with E-state index < -0.39 is 0 Å². The molecule has 0 atom stereocenters. The van der Waals surface area contributed by atoms with E-state index in [1.165, 1.54) is 19.3 Å². The number of hydrogen-bond donors (Lipinski definition) is 1. The Bertz CT molecular complexity index is 1000. The standard InChI is InChI=1S/C19H14ClNO3/c1-24-18-5-3-2-4-15(18)17(22)9-7-13-10-12-6-8-14(20)11-16(12)21-19(13)23/h2-11H,1H3,(H,21,23)/b9-7+. The summed E-state index contributed by atoms with van der Waals surface area (Å²) in [5, 5.41) is 1.39. The number of carbonyl (C=O) groups excluding carboxylic acids is 1. The molecule has 0 spiro atoms. The molecule has 0 radical (unpaired) electrons. The average molecular weight is 340 g/mol. The Morgan fingerprint density at radius 1 is 1.17 bits per heavy atom. The van der Waals surface area contributed by atoms with Gasteiger partial charge in [0.2, 0.25) is 0 Å². The smallest absolute Gasteiger partial charge is 0.255 e. The first kappa shape index (κ1) is 16.0. The summed E-state index contributed by atoms with van der Waals surface area (Å²) in [6.07, 6.45) is 2.87. The van der Waals surface area contributed by atoms with E-state index in [1.807, 2.05) is 6.07 Å². The minimum Gasteiger partial charge on any atom is -0.496 e. The van der Waals surface area contributed by atoms with Crippen molar-refractivity contribution in [1.82, 2.24) is 4.98 Å². The fraction of sp³-hybridized carbons (Fsp3) is 0.0526. The van der Waals surface area contributed by atoms with Gasteiger partial charge < -0.3 is 9.72 Å². The number of carbonyl (C=O) groups is 1. The highest BCUT2D eigenvalue weighted by molar-refractivity contribution is 6.31. The number of aromatic amines is 1. The van der Waals surface area contributed by atoms with Crippen LogP contribution in [0.1, 0.15) is 15.9 Å². The lowest BCUT2D eigenvalue weighted by atomic mass is 10.1. The number of benzene rings is 2. The molecular formula is C19H14ClNO3. The van der Waals surface area contributed by atoms with Crippen LogP contribution in [0.15, 0.2) is 59.4 Å².